The van der Waals surface area contributed by atoms with E-state index in [9.17, 15) is 24.0 Å². The fourth-order valence-electron chi connectivity index (χ4n) is 6.95. The first-order chi connectivity index (χ1) is 35.6. The number of ether oxygens (including phenoxy) is 6. The molecule has 23 nitrogen and oxygen atoms in total. The zero-order valence-electron chi connectivity index (χ0n) is 46.1. The van der Waals surface area contributed by atoms with Gasteiger partial charge in [-0.25, -0.2) is 4.79 Å². The maximum Gasteiger partial charge on any atom is 0.406 e. The standard InChI is InChI=1S/C15H29NO3.C13H17BN2O3.C9H17N3.C8H18N2O4.C5H10O3.CH2O2/c1-11(2)7-8-19-15(5,6)9-14(18)16-13(10-17)12(3)4;1-3-9-6-11(16-12(17)7-15-2)5-4-10(9)8-19-13(14)18;10-8-3-1-6-5-7(6)2-4-9(8)12-11;1-12-8(11)10-3-5-14-7-6-13-4-2-9;6-4-1-5(7)3-8-2-4;2-1-3/h10-13H,7-9H2,1-6H3,(H,16,18);4-6,15H,3,7-8H2,1-2H3,(H,16,17);6-7,12H,1-5,10-11H2;2-7,9H2,1H3,(H,10,11);4-7H,1-3H2;1H,(H,2,3)/b;;9-8-;;;. The molecule has 1 saturated carbocycles. The molecule has 0 bridgehead atoms. The Morgan fingerprint density at radius 2 is 1.53 bits per heavy atom. The lowest BCUT2D eigenvalue weighted by Crippen LogP contribution is -2.43. The summed E-state index contributed by atoms with van der Waals surface area (Å²) in [5.41, 5.74) is 18.0. The number of hydrazine groups is 1. The molecule has 1 saturated heterocycles. The van der Waals surface area contributed by atoms with Crippen molar-refractivity contribution in [1.82, 2.24) is 21.4 Å². The SMILES string of the molecule is CC(C)CCOC(C)(C)CC(=O)NC(C=O)C(C)C.COC(=O)NCCOCCOCCN.NN/C1=C(\N)CCC2CC2CC1.O=CO.OC1COCC(O)C1.[B]C(=O)OCc1ccc(NC(=O)CNC)cc1CC. The van der Waals surface area contributed by atoms with Gasteiger partial charge in [-0.15, -0.1) is 0 Å². The molecule has 1 aliphatic heterocycles. The number of fused-ring (bicyclic) bond motifs is 1. The number of carbonyl (C=O) groups excluding carboxylic acids is 5. The van der Waals surface area contributed by atoms with E-state index >= 15 is 0 Å². The third kappa shape index (κ3) is 40.1. The number of nitrogens with one attached hydrogen (secondary N) is 5. The van der Waals surface area contributed by atoms with Crippen molar-refractivity contribution < 1.29 is 72.5 Å². The van der Waals surface area contributed by atoms with Gasteiger partial charge in [-0.2, -0.15) is 0 Å². The summed E-state index contributed by atoms with van der Waals surface area (Å²) in [5.74, 6) is 6.98. The summed E-state index contributed by atoms with van der Waals surface area (Å²) in [4.78, 5) is 63.7. The van der Waals surface area contributed by atoms with Crippen molar-refractivity contribution in [3.63, 3.8) is 0 Å². The van der Waals surface area contributed by atoms with Gasteiger partial charge in [-0.1, -0.05) is 40.7 Å². The Balaban J connectivity index is 0. The molecule has 4 rings (SSSR count). The molecule has 2 aliphatic carbocycles. The molecule has 5 atom stereocenters. The Kier molecular flexibility index (Phi) is 42.6. The average molecular weight is 1070 g/mol. The smallest absolute Gasteiger partial charge is 0.406 e. The minimum absolute atomic E-state index is 0.103. The van der Waals surface area contributed by atoms with Crippen LogP contribution in [-0.4, -0.2) is 164 Å². The summed E-state index contributed by atoms with van der Waals surface area (Å²) in [6.07, 6.45) is 7.92. The van der Waals surface area contributed by atoms with E-state index in [4.69, 9.17) is 69.0 Å². The van der Waals surface area contributed by atoms with E-state index in [0.717, 1.165) is 72.0 Å². The van der Waals surface area contributed by atoms with Crippen molar-refractivity contribution >= 4 is 50.1 Å². The van der Waals surface area contributed by atoms with Crippen molar-refractivity contribution in [2.24, 2.45) is 41.0 Å². The molecule has 430 valence electrons. The largest absolute Gasteiger partial charge is 0.483 e. The number of aldehydes is 1. The number of methoxy groups -OCH3 is 1. The third-order valence-electron chi connectivity index (χ3n) is 11.2. The molecule has 2 fully saturated rings. The molecule has 3 aliphatic rings. The molecular weight excluding hydrogens is 975 g/mol. The van der Waals surface area contributed by atoms with Gasteiger partial charge in [0.05, 0.1) is 83.6 Å². The first-order valence-corrected chi connectivity index (χ1v) is 25.6. The van der Waals surface area contributed by atoms with E-state index in [0.29, 0.717) is 71.7 Å². The summed E-state index contributed by atoms with van der Waals surface area (Å²) in [7, 11) is 7.96. The van der Waals surface area contributed by atoms with Crippen LogP contribution < -0.4 is 44.0 Å². The second-order valence-corrected chi connectivity index (χ2v) is 19.1. The molecule has 75 heavy (non-hydrogen) atoms. The van der Waals surface area contributed by atoms with Gasteiger partial charge in [0.2, 0.25) is 25.5 Å². The van der Waals surface area contributed by atoms with Gasteiger partial charge in [0.25, 0.3) is 6.47 Å². The third-order valence-corrected chi connectivity index (χ3v) is 11.2. The van der Waals surface area contributed by atoms with Crippen LogP contribution in [0.1, 0.15) is 111 Å². The highest BCUT2D eigenvalue weighted by Crippen LogP contribution is 2.47. The molecule has 14 N–H and O–H groups in total. The summed E-state index contributed by atoms with van der Waals surface area (Å²) in [5, 5.41) is 35.3. The molecule has 24 heteroatoms. The van der Waals surface area contributed by atoms with Crippen LogP contribution in [0.4, 0.5) is 15.3 Å². The fourth-order valence-corrected chi connectivity index (χ4v) is 6.95. The van der Waals surface area contributed by atoms with Gasteiger partial charge in [0, 0.05) is 43.2 Å². The number of carboxylic acid groups (broad SMARTS) is 1. The number of nitrogens with two attached hydrogens (primary N) is 3. The van der Waals surface area contributed by atoms with Gasteiger partial charge < -0.3 is 86.7 Å². The molecule has 2 radical (unpaired) electrons. The van der Waals surface area contributed by atoms with Crippen LogP contribution in [0.15, 0.2) is 29.6 Å². The summed E-state index contributed by atoms with van der Waals surface area (Å²) < 4.78 is 29.9. The molecular formula is C51H93BN8O15. The Bertz CT molecular complexity index is 1750. The van der Waals surface area contributed by atoms with Crippen molar-refractivity contribution in [2.75, 3.05) is 85.4 Å². The predicted molar refractivity (Wildman–Crippen MR) is 287 cm³/mol. The van der Waals surface area contributed by atoms with Crippen LogP contribution in [0, 0.1) is 23.7 Å². The lowest BCUT2D eigenvalue weighted by atomic mass is 10.0. The second-order valence-electron chi connectivity index (χ2n) is 19.1. The number of rotatable bonds is 24. The van der Waals surface area contributed by atoms with Crippen LogP contribution in [0.2, 0.25) is 0 Å². The summed E-state index contributed by atoms with van der Waals surface area (Å²) >= 11 is 0. The number of benzene rings is 1. The summed E-state index contributed by atoms with van der Waals surface area (Å²) in [6.45, 7) is 18.4. The number of aliphatic hydroxyl groups is 2. The van der Waals surface area contributed by atoms with Gasteiger partial charge in [-0.3, -0.25) is 25.0 Å². The van der Waals surface area contributed by atoms with Crippen molar-refractivity contribution in [3.8, 4) is 0 Å². The first kappa shape index (κ1) is 72.2. The molecule has 5 unspecified atom stereocenters. The molecule has 1 aromatic rings. The van der Waals surface area contributed by atoms with Crippen LogP contribution in [0.25, 0.3) is 0 Å². The van der Waals surface area contributed by atoms with Crippen LogP contribution in [0.3, 0.4) is 0 Å². The van der Waals surface area contributed by atoms with Gasteiger partial charge in [0.15, 0.2) is 0 Å². The van der Waals surface area contributed by atoms with Gasteiger partial charge in [-0.05, 0) is 113 Å². The van der Waals surface area contributed by atoms with Gasteiger partial charge >= 0.3 is 6.09 Å². The minimum atomic E-state index is -0.798. The highest BCUT2D eigenvalue weighted by Gasteiger charge is 2.37. The number of alkyl carbamates (subject to hydrolysis) is 1. The number of aliphatic hydroxyl groups excluding tert-OH is 2. The van der Waals surface area contributed by atoms with Crippen molar-refractivity contribution in [1.29, 1.82) is 0 Å². The van der Waals surface area contributed by atoms with Gasteiger partial charge in [0.1, 0.15) is 12.9 Å². The van der Waals surface area contributed by atoms with E-state index in [2.05, 4.69) is 45.3 Å². The number of aryl methyl sites for hydroxylation is 1. The maximum absolute atomic E-state index is 11.9. The highest BCUT2D eigenvalue weighted by atomic mass is 16.5. The molecule has 0 spiro atoms. The van der Waals surface area contributed by atoms with E-state index in [1.165, 1.54) is 26.4 Å². The van der Waals surface area contributed by atoms with Crippen molar-refractivity contribution in [3.05, 3.63) is 40.7 Å². The Morgan fingerprint density at radius 1 is 0.920 bits per heavy atom. The van der Waals surface area contributed by atoms with E-state index in [-0.39, 0.29) is 43.8 Å². The van der Waals surface area contributed by atoms with Crippen LogP contribution in [0.5, 0.6) is 0 Å². The normalized spacial score (nSPS) is 18.8. The average Bonchev–Trinajstić information content (AvgIpc) is 4.10. The first-order valence-electron chi connectivity index (χ1n) is 25.6. The number of anilines is 1. The lowest BCUT2D eigenvalue weighted by molar-refractivity contribution is -0.130. The minimum Gasteiger partial charge on any atom is -0.483 e. The maximum atomic E-state index is 11.9. The number of allylic oxidation sites excluding steroid dienone is 2. The van der Waals surface area contributed by atoms with E-state index in [1.54, 1.807) is 13.1 Å². The quantitative estimate of drug-likeness (QED) is 0.0233. The monoisotopic (exact) mass is 1070 g/mol. The van der Waals surface area contributed by atoms with Crippen molar-refractivity contribution in [2.45, 2.75) is 137 Å². The Labute approximate surface area is 446 Å². The summed E-state index contributed by atoms with van der Waals surface area (Å²) in [6, 6.07) is 5.04. The van der Waals surface area contributed by atoms with E-state index < -0.39 is 35.8 Å². The number of likely N-dealkylation sites (N-methyl/N-ethyl adjacent to an activating group) is 1. The number of amides is 3. The zero-order chi connectivity index (χ0) is 57.2. The van der Waals surface area contributed by atoms with Crippen LogP contribution in [-0.2, 0) is 60.6 Å². The molecule has 3 amide bonds. The predicted octanol–water partition coefficient (Wildman–Crippen LogP) is 2.76. The molecule has 1 heterocycles. The number of hydrogen-bond acceptors (Lipinski definition) is 19. The van der Waals surface area contributed by atoms with E-state index in [1.807, 2.05) is 46.8 Å². The topological polar surface area (TPSA) is 357 Å². The number of hydrogen-bond donors (Lipinski definition) is 11. The molecule has 1 aromatic carbocycles. The Morgan fingerprint density at radius 3 is 2.03 bits per heavy atom. The fraction of sp³-hybridized carbons (Fsp3) is 0.725. The molecule has 0 aromatic heterocycles. The Hall–Kier alpha value is -4.92. The second kappa shape index (κ2) is 44.2. The highest BCUT2D eigenvalue weighted by molar-refractivity contribution is 6.55. The number of carbonyl (C=O) groups is 6. The van der Waals surface area contributed by atoms with Crippen LogP contribution >= 0.6 is 0 Å². The zero-order valence-corrected chi connectivity index (χ0v) is 46.1. The lowest BCUT2D eigenvalue weighted by Gasteiger charge is -2.26.